The van der Waals surface area contributed by atoms with Crippen LogP contribution in [-0.2, 0) is 14.3 Å². The lowest BCUT2D eigenvalue weighted by Gasteiger charge is -2.26. The monoisotopic (exact) mass is 525 g/mol. The zero-order valence-corrected chi connectivity index (χ0v) is 20.8. The van der Waals surface area contributed by atoms with Gasteiger partial charge in [0, 0.05) is 11.3 Å². The zero-order chi connectivity index (χ0) is 26.0. The summed E-state index contributed by atoms with van der Waals surface area (Å²) < 4.78 is 10.3. The van der Waals surface area contributed by atoms with Crippen LogP contribution in [0.3, 0.4) is 0 Å². The Labute approximate surface area is 217 Å². The lowest BCUT2D eigenvalue weighted by molar-refractivity contribution is -0.132. The van der Waals surface area contributed by atoms with Crippen LogP contribution >= 0.6 is 23.2 Å². The molecule has 1 fully saturated rings. The molecule has 0 saturated carbocycles. The summed E-state index contributed by atoms with van der Waals surface area (Å²) in [6.45, 7) is 1.92. The molecule has 36 heavy (non-hydrogen) atoms. The summed E-state index contributed by atoms with van der Waals surface area (Å²) in [4.78, 5) is 39.9. The molecule has 0 radical (unpaired) electrons. The standard InChI is InChI=1S/C27H21Cl2NO6/c1-3-36-27(34)15-7-10-18(11-8-15)30-23(16-5-4-6-19(13-16)35-2)22(25(32)26(30)33)24(31)17-9-12-20(28)21(29)14-17/h4-14,23,31H,3H2,1-2H3/b24-22-. The Morgan fingerprint density at radius 2 is 1.67 bits per heavy atom. The Balaban J connectivity index is 1.89. The van der Waals surface area contributed by atoms with Crippen molar-refractivity contribution in [2.75, 3.05) is 18.6 Å². The SMILES string of the molecule is CCOC(=O)c1ccc(N2C(=O)C(=O)/C(=C(\O)c3ccc(Cl)c(Cl)c3)C2c2cccc(OC)c2)cc1. The highest BCUT2D eigenvalue weighted by atomic mass is 35.5. The molecule has 3 aromatic carbocycles. The van der Waals surface area contributed by atoms with Crippen molar-refractivity contribution in [2.24, 2.45) is 0 Å². The van der Waals surface area contributed by atoms with Crippen molar-refractivity contribution in [3.05, 3.63) is 99.0 Å². The highest BCUT2D eigenvalue weighted by Gasteiger charge is 2.47. The van der Waals surface area contributed by atoms with E-state index in [1.165, 1.54) is 42.3 Å². The Kier molecular flexibility index (Phi) is 7.33. The zero-order valence-electron chi connectivity index (χ0n) is 19.3. The molecule has 1 heterocycles. The number of Topliss-reactive ketones (excluding diaryl/α,β-unsaturated/α-hetero) is 1. The topological polar surface area (TPSA) is 93.1 Å². The number of amides is 1. The molecule has 1 N–H and O–H groups in total. The lowest BCUT2D eigenvalue weighted by Crippen LogP contribution is -2.29. The van der Waals surface area contributed by atoms with E-state index in [4.69, 9.17) is 32.7 Å². The van der Waals surface area contributed by atoms with Gasteiger partial charge in [0.05, 0.1) is 40.9 Å². The van der Waals surface area contributed by atoms with Crippen molar-refractivity contribution in [1.82, 2.24) is 0 Å². The van der Waals surface area contributed by atoms with E-state index < -0.39 is 29.5 Å². The fourth-order valence-electron chi connectivity index (χ4n) is 4.00. The number of carbonyl (C=O) groups excluding carboxylic acids is 3. The fourth-order valence-corrected chi connectivity index (χ4v) is 4.30. The van der Waals surface area contributed by atoms with E-state index >= 15 is 0 Å². The number of anilines is 1. The summed E-state index contributed by atoms with van der Waals surface area (Å²) in [6, 6.07) is 16.4. The van der Waals surface area contributed by atoms with Crippen LogP contribution in [0.15, 0.2) is 72.3 Å². The van der Waals surface area contributed by atoms with Gasteiger partial charge in [-0.2, -0.15) is 0 Å². The minimum Gasteiger partial charge on any atom is -0.507 e. The van der Waals surface area contributed by atoms with E-state index in [1.807, 2.05) is 0 Å². The number of ether oxygens (including phenoxy) is 2. The highest BCUT2D eigenvalue weighted by molar-refractivity contribution is 6.51. The molecule has 3 aromatic rings. The van der Waals surface area contributed by atoms with Crippen molar-refractivity contribution < 1.29 is 29.0 Å². The van der Waals surface area contributed by atoms with Crippen molar-refractivity contribution in [1.29, 1.82) is 0 Å². The van der Waals surface area contributed by atoms with Crippen molar-refractivity contribution >= 4 is 52.3 Å². The number of esters is 1. The number of methoxy groups -OCH3 is 1. The Morgan fingerprint density at radius 3 is 2.31 bits per heavy atom. The van der Waals surface area contributed by atoms with Crippen LogP contribution in [0.2, 0.25) is 10.0 Å². The first-order chi connectivity index (χ1) is 17.3. The summed E-state index contributed by atoms with van der Waals surface area (Å²) in [6.07, 6.45) is 0. The summed E-state index contributed by atoms with van der Waals surface area (Å²) in [7, 11) is 1.50. The van der Waals surface area contributed by atoms with Gasteiger partial charge in [0.1, 0.15) is 11.5 Å². The largest absolute Gasteiger partial charge is 0.507 e. The molecule has 0 spiro atoms. The molecule has 1 saturated heterocycles. The van der Waals surface area contributed by atoms with E-state index in [2.05, 4.69) is 0 Å². The molecule has 0 aromatic heterocycles. The first-order valence-electron chi connectivity index (χ1n) is 10.9. The van der Waals surface area contributed by atoms with Crippen LogP contribution in [0.1, 0.15) is 34.5 Å². The highest BCUT2D eigenvalue weighted by Crippen LogP contribution is 2.43. The predicted octanol–water partition coefficient (Wildman–Crippen LogP) is 5.81. The average Bonchev–Trinajstić information content (AvgIpc) is 3.15. The normalized spacial score (nSPS) is 16.8. The van der Waals surface area contributed by atoms with Gasteiger partial charge in [-0.1, -0.05) is 35.3 Å². The second-order valence-corrected chi connectivity index (χ2v) is 8.66. The number of aliphatic hydroxyl groups excluding tert-OH is 1. The third-order valence-electron chi connectivity index (χ3n) is 5.70. The van der Waals surface area contributed by atoms with Gasteiger partial charge in [0.15, 0.2) is 0 Å². The maximum absolute atomic E-state index is 13.3. The molecular formula is C27H21Cl2NO6. The molecule has 0 bridgehead atoms. The molecule has 184 valence electrons. The maximum atomic E-state index is 13.3. The fraction of sp³-hybridized carbons (Fsp3) is 0.148. The van der Waals surface area contributed by atoms with Gasteiger partial charge in [-0.25, -0.2) is 4.79 Å². The van der Waals surface area contributed by atoms with Gasteiger partial charge in [-0.05, 0) is 67.1 Å². The van der Waals surface area contributed by atoms with Gasteiger partial charge in [0.2, 0.25) is 0 Å². The first-order valence-corrected chi connectivity index (χ1v) is 11.7. The van der Waals surface area contributed by atoms with E-state index in [0.29, 0.717) is 22.6 Å². The van der Waals surface area contributed by atoms with Gasteiger partial charge < -0.3 is 14.6 Å². The van der Waals surface area contributed by atoms with Crippen LogP contribution in [0.25, 0.3) is 5.76 Å². The molecule has 4 rings (SSSR count). The number of hydrogen-bond acceptors (Lipinski definition) is 6. The van der Waals surface area contributed by atoms with Crippen molar-refractivity contribution in [2.45, 2.75) is 13.0 Å². The minimum atomic E-state index is -0.983. The van der Waals surface area contributed by atoms with Crippen LogP contribution in [0.4, 0.5) is 5.69 Å². The van der Waals surface area contributed by atoms with Gasteiger partial charge in [-0.3, -0.25) is 14.5 Å². The number of hydrogen-bond donors (Lipinski definition) is 1. The molecule has 0 aliphatic carbocycles. The van der Waals surface area contributed by atoms with E-state index in [-0.39, 0.29) is 27.8 Å². The van der Waals surface area contributed by atoms with Crippen molar-refractivity contribution in [3.8, 4) is 5.75 Å². The number of ketones is 1. The van der Waals surface area contributed by atoms with Gasteiger partial charge in [-0.15, -0.1) is 0 Å². The number of aliphatic hydroxyl groups is 1. The van der Waals surface area contributed by atoms with Crippen LogP contribution in [-0.4, -0.2) is 36.5 Å². The Morgan fingerprint density at radius 1 is 0.972 bits per heavy atom. The number of nitrogens with zero attached hydrogens (tertiary/aromatic N) is 1. The average molecular weight is 526 g/mol. The predicted molar refractivity (Wildman–Crippen MR) is 137 cm³/mol. The summed E-state index contributed by atoms with van der Waals surface area (Å²) in [5.41, 5.74) is 1.29. The van der Waals surface area contributed by atoms with Crippen LogP contribution in [0.5, 0.6) is 5.75 Å². The Bertz CT molecular complexity index is 1380. The molecular weight excluding hydrogens is 505 g/mol. The number of halogens is 2. The van der Waals surface area contributed by atoms with Crippen LogP contribution in [0, 0.1) is 0 Å². The number of carbonyl (C=O) groups is 3. The van der Waals surface area contributed by atoms with Gasteiger partial charge >= 0.3 is 5.97 Å². The molecule has 7 nitrogen and oxygen atoms in total. The van der Waals surface area contributed by atoms with E-state index in [0.717, 1.165) is 0 Å². The number of rotatable bonds is 6. The molecule has 9 heteroatoms. The third-order valence-corrected chi connectivity index (χ3v) is 6.44. The second-order valence-electron chi connectivity index (χ2n) is 7.84. The maximum Gasteiger partial charge on any atom is 0.338 e. The summed E-state index contributed by atoms with van der Waals surface area (Å²) in [5.74, 6) is -2.11. The second kappa shape index (κ2) is 10.4. The van der Waals surface area contributed by atoms with E-state index in [9.17, 15) is 19.5 Å². The Hall–Kier alpha value is -3.81. The lowest BCUT2D eigenvalue weighted by atomic mass is 9.95. The first kappa shape index (κ1) is 25.3. The molecule has 1 aliphatic heterocycles. The van der Waals surface area contributed by atoms with Crippen molar-refractivity contribution in [3.63, 3.8) is 0 Å². The minimum absolute atomic E-state index is 0.124. The van der Waals surface area contributed by atoms with E-state index in [1.54, 1.807) is 43.3 Å². The third kappa shape index (κ3) is 4.67. The van der Waals surface area contributed by atoms with Gasteiger partial charge in [0.25, 0.3) is 11.7 Å². The van der Waals surface area contributed by atoms with Crippen LogP contribution < -0.4 is 9.64 Å². The number of benzene rings is 3. The molecule has 1 aliphatic rings. The molecule has 1 amide bonds. The summed E-state index contributed by atoms with van der Waals surface area (Å²) in [5, 5.41) is 11.7. The smallest absolute Gasteiger partial charge is 0.338 e. The molecule has 1 atom stereocenters. The summed E-state index contributed by atoms with van der Waals surface area (Å²) >= 11 is 12.1. The quantitative estimate of drug-likeness (QED) is 0.189. The molecule has 1 unspecified atom stereocenters.